The number of pyridine rings is 1. The fourth-order valence-electron chi connectivity index (χ4n) is 2.38. The topological polar surface area (TPSA) is 43.3 Å². The Balaban J connectivity index is 2.29. The van der Waals surface area contributed by atoms with Crippen molar-refractivity contribution in [3.8, 4) is 11.3 Å². The fraction of sp³-hybridized carbons (Fsp3) is 0.188. The molecule has 0 aliphatic carbocycles. The Morgan fingerprint density at radius 1 is 1.11 bits per heavy atom. The third-order valence-corrected chi connectivity index (χ3v) is 3.61. The highest BCUT2D eigenvalue weighted by atomic mass is 15.0. The number of aryl methyl sites for hydroxylation is 2. The molecular formula is C16H17N3. The first kappa shape index (κ1) is 11.9. The number of nitrogens with zero attached hydrogens (tertiary/aromatic N) is 2. The van der Waals surface area contributed by atoms with Gasteiger partial charge in [-0.1, -0.05) is 18.2 Å². The highest BCUT2D eigenvalue weighted by molar-refractivity contribution is 5.66. The summed E-state index contributed by atoms with van der Waals surface area (Å²) in [6.07, 6.45) is 1.87. The van der Waals surface area contributed by atoms with Crippen molar-refractivity contribution < 1.29 is 0 Å². The number of fused-ring (bicyclic) bond motifs is 1. The zero-order valence-corrected chi connectivity index (χ0v) is 11.2. The Hall–Kier alpha value is -2.13. The van der Waals surface area contributed by atoms with Crippen LogP contribution in [0, 0.1) is 13.8 Å². The quantitative estimate of drug-likeness (QED) is 0.760. The van der Waals surface area contributed by atoms with Crippen molar-refractivity contribution in [2.75, 3.05) is 0 Å². The van der Waals surface area contributed by atoms with Gasteiger partial charge in [0.05, 0.1) is 24.0 Å². The zero-order chi connectivity index (χ0) is 13.4. The van der Waals surface area contributed by atoms with Crippen molar-refractivity contribution in [3.05, 3.63) is 59.5 Å². The van der Waals surface area contributed by atoms with Crippen molar-refractivity contribution in [1.29, 1.82) is 0 Å². The van der Waals surface area contributed by atoms with E-state index in [1.54, 1.807) is 0 Å². The minimum Gasteiger partial charge on any atom is -0.324 e. The fourth-order valence-corrected chi connectivity index (χ4v) is 2.38. The number of hydrogen-bond acceptors (Lipinski definition) is 2. The van der Waals surface area contributed by atoms with Gasteiger partial charge in [-0.25, -0.2) is 4.98 Å². The summed E-state index contributed by atoms with van der Waals surface area (Å²) in [5, 5.41) is 0. The maximum Gasteiger partial charge on any atom is 0.127 e. The second kappa shape index (κ2) is 4.52. The molecule has 3 rings (SSSR count). The normalized spacial score (nSPS) is 11.1. The molecule has 0 unspecified atom stereocenters. The van der Waals surface area contributed by atoms with Gasteiger partial charge in [-0.2, -0.15) is 0 Å². The first-order valence-electron chi connectivity index (χ1n) is 6.44. The largest absolute Gasteiger partial charge is 0.324 e. The SMILES string of the molecule is Cc1ccc(-c2cccc3cnc(CN)n23)cc1C. The Morgan fingerprint density at radius 3 is 2.68 bits per heavy atom. The summed E-state index contributed by atoms with van der Waals surface area (Å²) in [6.45, 7) is 4.70. The Kier molecular flexibility index (Phi) is 2.84. The van der Waals surface area contributed by atoms with Crippen LogP contribution in [0.15, 0.2) is 42.6 Å². The number of aromatic nitrogens is 2. The molecule has 3 nitrogen and oxygen atoms in total. The molecule has 1 aromatic carbocycles. The van der Waals surface area contributed by atoms with Crippen LogP contribution in [0.4, 0.5) is 0 Å². The van der Waals surface area contributed by atoms with E-state index in [1.165, 1.54) is 16.7 Å². The maximum atomic E-state index is 5.78. The molecule has 0 amide bonds. The van der Waals surface area contributed by atoms with Gasteiger partial charge in [0.1, 0.15) is 5.82 Å². The van der Waals surface area contributed by atoms with Gasteiger partial charge in [-0.05, 0) is 48.7 Å². The minimum absolute atomic E-state index is 0.440. The number of hydrogen-bond donors (Lipinski definition) is 1. The molecule has 3 aromatic rings. The van der Waals surface area contributed by atoms with Gasteiger partial charge in [-0.3, -0.25) is 4.40 Å². The van der Waals surface area contributed by atoms with Gasteiger partial charge < -0.3 is 5.73 Å². The van der Waals surface area contributed by atoms with Crippen LogP contribution in [0.2, 0.25) is 0 Å². The molecule has 0 radical (unpaired) electrons. The van der Waals surface area contributed by atoms with Crippen LogP contribution < -0.4 is 5.73 Å². The van der Waals surface area contributed by atoms with Crippen molar-refractivity contribution in [3.63, 3.8) is 0 Å². The van der Waals surface area contributed by atoms with Gasteiger partial charge in [0.15, 0.2) is 0 Å². The van der Waals surface area contributed by atoms with Crippen LogP contribution in [0.5, 0.6) is 0 Å². The van der Waals surface area contributed by atoms with Gasteiger partial charge in [0, 0.05) is 0 Å². The molecular weight excluding hydrogens is 234 g/mol. The first-order valence-corrected chi connectivity index (χ1v) is 6.44. The summed E-state index contributed by atoms with van der Waals surface area (Å²) in [7, 11) is 0. The first-order chi connectivity index (χ1) is 9.20. The molecule has 2 N–H and O–H groups in total. The van der Waals surface area contributed by atoms with Crippen LogP contribution in [-0.4, -0.2) is 9.38 Å². The average molecular weight is 251 g/mol. The third-order valence-electron chi connectivity index (χ3n) is 3.61. The van der Waals surface area contributed by atoms with Gasteiger partial charge >= 0.3 is 0 Å². The van der Waals surface area contributed by atoms with E-state index in [1.807, 2.05) is 6.20 Å². The molecule has 0 aliphatic heterocycles. The molecule has 19 heavy (non-hydrogen) atoms. The van der Waals surface area contributed by atoms with Gasteiger partial charge in [0.2, 0.25) is 0 Å². The van der Waals surface area contributed by atoms with Crippen LogP contribution in [0.3, 0.4) is 0 Å². The van der Waals surface area contributed by atoms with Crippen molar-refractivity contribution >= 4 is 5.52 Å². The van der Waals surface area contributed by atoms with E-state index in [4.69, 9.17) is 5.73 Å². The summed E-state index contributed by atoms with van der Waals surface area (Å²) >= 11 is 0. The molecule has 0 bridgehead atoms. The lowest BCUT2D eigenvalue weighted by atomic mass is 10.0. The molecule has 3 heteroatoms. The van der Waals surface area contributed by atoms with E-state index >= 15 is 0 Å². The lowest BCUT2D eigenvalue weighted by molar-refractivity contribution is 0.907. The predicted octanol–water partition coefficient (Wildman–Crippen LogP) is 3.08. The third kappa shape index (κ3) is 1.92. The van der Waals surface area contributed by atoms with E-state index in [9.17, 15) is 0 Å². The molecule has 2 aromatic heterocycles. The summed E-state index contributed by atoms with van der Waals surface area (Å²) in [6, 6.07) is 12.7. The smallest absolute Gasteiger partial charge is 0.127 e. The zero-order valence-electron chi connectivity index (χ0n) is 11.2. The number of benzene rings is 1. The number of rotatable bonds is 2. The standard InChI is InChI=1S/C16H17N3/c1-11-6-7-13(8-12(11)2)15-5-3-4-14-10-18-16(9-17)19(14)15/h3-8,10H,9,17H2,1-2H3. The lowest BCUT2D eigenvalue weighted by Crippen LogP contribution is -2.04. The van der Waals surface area contributed by atoms with E-state index < -0.39 is 0 Å². The van der Waals surface area contributed by atoms with E-state index in [2.05, 4.69) is 59.6 Å². The number of nitrogens with two attached hydrogens (primary N) is 1. The van der Waals surface area contributed by atoms with Crippen LogP contribution in [-0.2, 0) is 6.54 Å². The summed E-state index contributed by atoms with van der Waals surface area (Å²) < 4.78 is 2.13. The minimum atomic E-state index is 0.440. The Morgan fingerprint density at radius 2 is 1.95 bits per heavy atom. The summed E-state index contributed by atoms with van der Waals surface area (Å²) in [5.74, 6) is 0.892. The second-order valence-corrected chi connectivity index (χ2v) is 4.85. The van der Waals surface area contributed by atoms with Crippen LogP contribution in [0.25, 0.3) is 16.8 Å². The van der Waals surface area contributed by atoms with Crippen molar-refractivity contribution in [2.24, 2.45) is 5.73 Å². The van der Waals surface area contributed by atoms with E-state index in [0.29, 0.717) is 6.54 Å². The highest BCUT2D eigenvalue weighted by Gasteiger charge is 2.08. The maximum absolute atomic E-state index is 5.78. The lowest BCUT2D eigenvalue weighted by Gasteiger charge is -2.10. The molecule has 0 saturated carbocycles. The van der Waals surface area contributed by atoms with E-state index in [-0.39, 0.29) is 0 Å². The summed E-state index contributed by atoms with van der Waals surface area (Å²) in [4.78, 5) is 4.38. The molecule has 0 atom stereocenters. The van der Waals surface area contributed by atoms with E-state index in [0.717, 1.165) is 17.0 Å². The predicted molar refractivity (Wildman–Crippen MR) is 78.0 cm³/mol. The molecule has 0 spiro atoms. The highest BCUT2D eigenvalue weighted by Crippen LogP contribution is 2.24. The molecule has 0 aliphatic rings. The monoisotopic (exact) mass is 251 g/mol. The molecule has 0 saturated heterocycles. The van der Waals surface area contributed by atoms with Crippen molar-refractivity contribution in [1.82, 2.24) is 9.38 Å². The van der Waals surface area contributed by atoms with Crippen LogP contribution in [0.1, 0.15) is 17.0 Å². The second-order valence-electron chi connectivity index (χ2n) is 4.85. The Labute approximate surface area is 112 Å². The number of imidazole rings is 1. The van der Waals surface area contributed by atoms with Crippen molar-refractivity contribution in [2.45, 2.75) is 20.4 Å². The van der Waals surface area contributed by atoms with Gasteiger partial charge in [0.25, 0.3) is 0 Å². The average Bonchev–Trinajstić information content (AvgIpc) is 2.85. The molecule has 0 fully saturated rings. The summed E-state index contributed by atoms with van der Waals surface area (Å²) in [5.41, 5.74) is 11.8. The molecule has 2 heterocycles. The molecule has 96 valence electrons. The van der Waals surface area contributed by atoms with Crippen LogP contribution >= 0.6 is 0 Å². The Bertz CT molecular complexity index is 741. The van der Waals surface area contributed by atoms with Gasteiger partial charge in [-0.15, -0.1) is 0 Å².